The van der Waals surface area contributed by atoms with E-state index in [-0.39, 0.29) is 27.1 Å². The number of rotatable bonds is 4. The van der Waals surface area contributed by atoms with E-state index in [4.69, 9.17) is 11.6 Å². The van der Waals surface area contributed by atoms with Crippen LogP contribution >= 0.6 is 22.9 Å². The van der Waals surface area contributed by atoms with Crippen molar-refractivity contribution in [3.05, 3.63) is 52.1 Å². The number of carbonyl (C=O) groups is 1. The molecule has 3 aromatic rings. The average Bonchev–Trinajstić information content (AvgIpc) is 3.04. The summed E-state index contributed by atoms with van der Waals surface area (Å²) in [6.45, 7) is 0. The number of sulfone groups is 1. The molecule has 0 radical (unpaired) electrons. The Labute approximate surface area is 161 Å². The molecule has 0 bridgehead atoms. The predicted octanol–water partition coefficient (Wildman–Crippen LogP) is 3.19. The summed E-state index contributed by atoms with van der Waals surface area (Å²) in [7, 11) is -3.74. The van der Waals surface area contributed by atoms with Crippen molar-refractivity contribution in [2.24, 2.45) is 0 Å². The van der Waals surface area contributed by atoms with Crippen molar-refractivity contribution >= 4 is 43.8 Å². The molecule has 1 amide bonds. The zero-order valence-electron chi connectivity index (χ0n) is 13.4. The minimum absolute atomic E-state index is 0.0637. The number of halogens is 3. The topological polar surface area (TPSA) is 102 Å². The second-order valence-electron chi connectivity index (χ2n) is 5.24. The molecule has 3 rings (SSSR count). The summed E-state index contributed by atoms with van der Waals surface area (Å²) < 4.78 is 50.2. The van der Waals surface area contributed by atoms with Gasteiger partial charge >= 0.3 is 0 Å². The third-order valence-corrected chi connectivity index (χ3v) is 5.09. The average molecular weight is 431 g/mol. The van der Waals surface area contributed by atoms with Crippen molar-refractivity contribution in [3.8, 4) is 11.3 Å². The van der Waals surface area contributed by atoms with Gasteiger partial charge in [-0.05, 0) is 18.2 Å². The second-order valence-corrected chi connectivity index (χ2v) is 8.41. The molecule has 12 heteroatoms. The van der Waals surface area contributed by atoms with Crippen LogP contribution in [0, 0.1) is 11.6 Å². The smallest absolute Gasteiger partial charge is 0.277 e. The lowest BCUT2D eigenvalue weighted by molar-refractivity contribution is 0.102. The highest BCUT2D eigenvalue weighted by molar-refractivity contribution is 7.90. The van der Waals surface area contributed by atoms with Gasteiger partial charge in [0.05, 0.1) is 16.9 Å². The normalized spacial score (nSPS) is 11.4. The molecule has 2 aromatic heterocycles. The van der Waals surface area contributed by atoms with Gasteiger partial charge in [0.25, 0.3) is 5.91 Å². The Hall–Kier alpha value is -2.50. The quantitative estimate of drug-likeness (QED) is 0.638. The van der Waals surface area contributed by atoms with Crippen LogP contribution in [0.4, 0.5) is 13.9 Å². The largest absolute Gasteiger partial charge is 0.296 e. The van der Waals surface area contributed by atoms with E-state index in [0.717, 1.165) is 42.0 Å². The maximum atomic E-state index is 13.8. The van der Waals surface area contributed by atoms with Crippen molar-refractivity contribution in [1.29, 1.82) is 0 Å². The van der Waals surface area contributed by atoms with E-state index in [0.29, 0.717) is 0 Å². The lowest BCUT2D eigenvalue weighted by Gasteiger charge is -2.04. The molecule has 1 N–H and O–H groups in total. The molecule has 140 valence electrons. The summed E-state index contributed by atoms with van der Waals surface area (Å²) in [6, 6.07) is 2.93. The second kappa shape index (κ2) is 7.25. The van der Waals surface area contributed by atoms with E-state index in [9.17, 15) is 22.0 Å². The molecule has 0 fully saturated rings. The third-order valence-electron chi connectivity index (χ3n) is 3.20. The fraction of sp³-hybridized carbons (Fsp3) is 0.0667. The highest BCUT2D eigenvalue weighted by Crippen LogP contribution is 2.28. The van der Waals surface area contributed by atoms with Crippen LogP contribution in [0.5, 0.6) is 0 Å². The van der Waals surface area contributed by atoms with Crippen LogP contribution in [0.15, 0.2) is 34.9 Å². The Morgan fingerprint density at radius 2 is 2.00 bits per heavy atom. The molecule has 0 saturated heterocycles. The number of hydrogen-bond acceptors (Lipinski definition) is 7. The molecule has 0 aliphatic rings. The van der Waals surface area contributed by atoms with E-state index in [1.165, 1.54) is 5.38 Å². The first-order chi connectivity index (χ1) is 12.6. The molecule has 0 atom stereocenters. The molecule has 7 nitrogen and oxygen atoms in total. The van der Waals surface area contributed by atoms with Crippen LogP contribution in [0.1, 0.15) is 10.5 Å². The molecule has 0 aliphatic heterocycles. The van der Waals surface area contributed by atoms with Crippen LogP contribution < -0.4 is 5.32 Å². The minimum atomic E-state index is -3.74. The first-order valence-corrected chi connectivity index (χ1v) is 10.2. The van der Waals surface area contributed by atoms with Gasteiger partial charge in [-0.1, -0.05) is 11.6 Å². The molecule has 0 saturated carbocycles. The molecule has 1 aromatic carbocycles. The number of nitrogens with one attached hydrogen (secondary N) is 1. The van der Waals surface area contributed by atoms with Gasteiger partial charge < -0.3 is 0 Å². The zero-order chi connectivity index (χ0) is 19.8. The summed E-state index contributed by atoms with van der Waals surface area (Å²) in [5, 5.41) is 3.16. The number of thiazole rings is 1. The van der Waals surface area contributed by atoms with Gasteiger partial charge in [-0.25, -0.2) is 32.2 Å². The van der Waals surface area contributed by atoms with Crippen LogP contribution in [-0.4, -0.2) is 35.5 Å². The summed E-state index contributed by atoms with van der Waals surface area (Å²) in [5.41, 5.74) is -0.301. The van der Waals surface area contributed by atoms with E-state index >= 15 is 0 Å². The Kier molecular flexibility index (Phi) is 5.18. The van der Waals surface area contributed by atoms with Gasteiger partial charge in [0.2, 0.25) is 15.0 Å². The van der Waals surface area contributed by atoms with Gasteiger partial charge in [-0.3, -0.25) is 10.1 Å². The fourth-order valence-electron chi connectivity index (χ4n) is 1.99. The fourth-order valence-corrected chi connectivity index (χ4v) is 3.38. The van der Waals surface area contributed by atoms with E-state index < -0.39 is 32.5 Å². The van der Waals surface area contributed by atoms with Gasteiger partial charge in [0.15, 0.2) is 10.8 Å². The highest BCUT2D eigenvalue weighted by Gasteiger charge is 2.20. The molecule has 0 unspecified atom stereocenters. The number of benzene rings is 1. The third kappa shape index (κ3) is 4.26. The summed E-state index contributed by atoms with van der Waals surface area (Å²) in [6.07, 6.45) is 1.88. The number of anilines is 1. The highest BCUT2D eigenvalue weighted by atomic mass is 35.5. The lowest BCUT2D eigenvalue weighted by atomic mass is 10.1. The molecule has 0 spiro atoms. The van der Waals surface area contributed by atoms with Crippen molar-refractivity contribution in [3.63, 3.8) is 0 Å². The first-order valence-electron chi connectivity index (χ1n) is 7.10. The maximum Gasteiger partial charge on any atom is 0.277 e. The monoisotopic (exact) mass is 430 g/mol. The minimum Gasteiger partial charge on any atom is -0.296 e. The summed E-state index contributed by atoms with van der Waals surface area (Å²) in [4.78, 5) is 23.6. The Bertz CT molecular complexity index is 1150. The SMILES string of the molecule is CS(=O)(=O)c1ncc(Cl)c(C(=O)Nc2nc(-c3cc(F)ccc3F)cs2)n1. The zero-order valence-corrected chi connectivity index (χ0v) is 15.8. The van der Waals surface area contributed by atoms with Gasteiger partial charge in [-0.15, -0.1) is 11.3 Å². The van der Waals surface area contributed by atoms with Gasteiger partial charge in [0.1, 0.15) is 11.6 Å². The Balaban J connectivity index is 1.88. The molecule has 27 heavy (non-hydrogen) atoms. The van der Waals surface area contributed by atoms with Gasteiger partial charge in [-0.2, -0.15) is 0 Å². The molecular formula is C15H9ClF2N4O3S2. The van der Waals surface area contributed by atoms with Crippen molar-refractivity contribution < 1.29 is 22.0 Å². The van der Waals surface area contributed by atoms with Crippen LogP contribution in [0.3, 0.4) is 0 Å². The summed E-state index contributed by atoms with van der Waals surface area (Å²) in [5.74, 6) is -2.13. The number of hydrogen-bond donors (Lipinski definition) is 1. The van der Waals surface area contributed by atoms with Crippen molar-refractivity contribution in [1.82, 2.24) is 15.0 Å². The van der Waals surface area contributed by atoms with E-state index in [2.05, 4.69) is 20.3 Å². The first kappa shape index (κ1) is 19.3. The standard InChI is InChI=1S/C15H9ClF2N4O3S2/c1-27(24,25)15-19-5-9(16)12(21-15)13(23)22-14-20-11(6-26-14)8-4-7(17)2-3-10(8)18/h2-6H,1H3,(H,20,22,23). The Morgan fingerprint density at radius 1 is 1.26 bits per heavy atom. The Morgan fingerprint density at radius 3 is 2.70 bits per heavy atom. The number of nitrogens with zero attached hydrogens (tertiary/aromatic N) is 3. The molecule has 2 heterocycles. The summed E-state index contributed by atoms with van der Waals surface area (Å²) >= 11 is 6.82. The lowest BCUT2D eigenvalue weighted by Crippen LogP contribution is -2.17. The van der Waals surface area contributed by atoms with Crippen molar-refractivity contribution in [2.75, 3.05) is 11.6 Å². The molecule has 0 aliphatic carbocycles. The van der Waals surface area contributed by atoms with Gasteiger partial charge in [0, 0.05) is 17.2 Å². The van der Waals surface area contributed by atoms with Crippen LogP contribution in [0.2, 0.25) is 5.02 Å². The number of aromatic nitrogens is 3. The number of amides is 1. The molecular weight excluding hydrogens is 422 g/mol. The van der Waals surface area contributed by atoms with E-state index in [1.54, 1.807) is 0 Å². The van der Waals surface area contributed by atoms with Crippen molar-refractivity contribution in [2.45, 2.75) is 5.16 Å². The maximum absolute atomic E-state index is 13.8. The number of carbonyl (C=O) groups excluding carboxylic acids is 1. The van der Waals surface area contributed by atoms with Crippen LogP contribution in [0.25, 0.3) is 11.3 Å². The van der Waals surface area contributed by atoms with E-state index in [1.807, 2.05) is 0 Å². The van der Waals surface area contributed by atoms with Crippen LogP contribution in [-0.2, 0) is 9.84 Å². The predicted molar refractivity (Wildman–Crippen MR) is 95.6 cm³/mol.